The van der Waals surface area contributed by atoms with Gasteiger partial charge in [0, 0.05) is 17.3 Å². The highest BCUT2D eigenvalue weighted by Gasteiger charge is 2.18. The Morgan fingerprint density at radius 1 is 1.16 bits per heavy atom. The molecule has 0 radical (unpaired) electrons. The molecule has 1 aromatic carbocycles. The maximum Gasteiger partial charge on any atom is 0.321 e. The maximum absolute atomic E-state index is 12.5. The zero-order valence-corrected chi connectivity index (χ0v) is 15.4. The molecule has 2 heterocycles. The van der Waals surface area contributed by atoms with E-state index >= 15 is 0 Å². The Morgan fingerprint density at radius 3 is 2.56 bits per heavy atom. The fraction of sp³-hybridized carbons (Fsp3) is 0.176. The third-order valence-electron chi connectivity index (χ3n) is 3.44. The van der Waals surface area contributed by atoms with E-state index in [4.69, 9.17) is 4.74 Å². The Morgan fingerprint density at radius 2 is 1.92 bits per heavy atom. The summed E-state index contributed by atoms with van der Waals surface area (Å²) in [6, 6.07) is 10.5. The number of rotatable bonds is 6. The molecule has 0 aliphatic carbocycles. The molecule has 1 N–H and O–H groups in total. The van der Waals surface area contributed by atoms with Crippen LogP contribution in [0.3, 0.4) is 0 Å². The number of anilines is 1. The predicted octanol–water partition coefficient (Wildman–Crippen LogP) is 4.00. The highest BCUT2D eigenvalue weighted by Crippen LogP contribution is 2.28. The summed E-state index contributed by atoms with van der Waals surface area (Å²) in [7, 11) is -3.59. The zero-order valence-electron chi connectivity index (χ0n) is 13.8. The van der Waals surface area contributed by atoms with Crippen LogP contribution in [0, 0.1) is 6.92 Å². The molecule has 0 saturated heterocycles. The number of aryl methyl sites for hydroxylation is 2. The first kappa shape index (κ1) is 17.4. The van der Waals surface area contributed by atoms with Gasteiger partial charge in [0.1, 0.15) is 9.96 Å². The molecule has 0 fully saturated rings. The van der Waals surface area contributed by atoms with Gasteiger partial charge in [-0.15, -0.1) is 11.3 Å². The van der Waals surface area contributed by atoms with E-state index in [0.29, 0.717) is 15.6 Å². The van der Waals surface area contributed by atoms with Gasteiger partial charge in [-0.2, -0.15) is 0 Å². The van der Waals surface area contributed by atoms with Crippen molar-refractivity contribution in [3.8, 4) is 11.8 Å². The third kappa shape index (κ3) is 4.15. The molecule has 0 unspecified atom stereocenters. The fourth-order valence-corrected chi connectivity index (χ4v) is 4.57. The number of nitrogens with one attached hydrogen (secondary N) is 1. The van der Waals surface area contributed by atoms with E-state index in [0.717, 1.165) is 16.9 Å². The summed E-state index contributed by atoms with van der Waals surface area (Å²) in [5.74, 6) is 0.538. The highest BCUT2D eigenvalue weighted by molar-refractivity contribution is 7.94. The molecule has 2 aromatic heterocycles. The molecule has 0 atom stereocenters. The summed E-state index contributed by atoms with van der Waals surface area (Å²) >= 11 is 1.28. The van der Waals surface area contributed by atoms with Crippen molar-refractivity contribution in [1.82, 2.24) is 9.97 Å². The van der Waals surface area contributed by atoms with Gasteiger partial charge in [-0.3, -0.25) is 4.72 Å². The van der Waals surface area contributed by atoms with Crippen molar-refractivity contribution in [3.05, 3.63) is 59.2 Å². The van der Waals surface area contributed by atoms with Crippen molar-refractivity contribution in [3.63, 3.8) is 0 Å². The van der Waals surface area contributed by atoms with Gasteiger partial charge in [0.05, 0.1) is 5.69 Å². The van der Waals surface area contributed by atoms with E-state index in [-0.39, 0.29) is 6.01 Å². The Labute approximate surface area is 150 Å². The molecule has 0 bridgehead atoms. The lowest BCUT2D eigenvalue weighted by atomic mass is 10.2. The molecule has 6 nitrogen and oxygen atoms in total. The Hall–Kier alpha value is -2.45. The lowest BCUT2D eigenvalue weighted by molar-refractivity contribution is 0.441. The molecule has 25 heavy (non-hydrogen) atoms. The van der Waals surface area contributed by atoms with Gasteiger partial charge in [-0.05, 0) is 55.3 Å². The average Bonchev–Trinajstić information content (AvgIpc) is 3.08. The van der Waals surface area contributed by atoms with E-state index in [1.165, 1.54) is 11.3 Å². The van der Waals surface area contributed by atoms with Gasteiger partial charge >= 0.3 is 6.01 Å². The molecule has 0 amide bonds. The van der Waals surface area contributed by atoms with Crippen LogP contribution in [0.1, 0.15) is 17.4 Å². The van der Waals surface area contributed by atoms with E-state index in [1.807, 2.05) is 19.9 Å². The lowest BCUT2D eigenvalue weighted by Gasteiger charge is -2.11. The molecule has 3 aromatic rings. The van der Waals surface area contributed by atoms with Crippen LogP contribution in [0.5, 0.6) is 11.8 Å². The van der Waals surface area contributed by atoms with Gasteiger partial charge in [-0.25, -0.2) is 18.4 Å². The minimum Gasteiger partial charge on any atom is -0.424 e. The topological polar surface area (TPSA) is 81.2 Å². The molecule has 0 saturated carbocycles. The summed E-state index contributed by atoms with van der Waals surface area (Å²) in [4.78, 5) is 9.02. The summed E-state index contributed by atoms with van der Waals surface area (Å²) in [6.07, 6.45) is 3.99. The van der Waals surface area contributed by atoms with Gasteiger partial charge in [0.15, 0.2) is 0 Å². The monoisotopic (exact) mass is 375 g/mol. The van der Waals surface area contributed by atoms with Crippen LogP contribution in [0.25, 0.3) is 0 Å². The summed E-state index contributed by atoms with van der Waals surface area (Å²) in [5, 5.41) is 0. The molecule has 8 heteroatoms. The number of hydrogen-bond donors (Lipinski definition) is 1. The maximum atomic E-state index is 12.5. The number of hydrogen-bond acceptors (Lipinski definition) is 6. The molecule has 0 aliphatic heterocycles. The lowest BCUT2D eigenvalue weighted by Crippen LogP contribution is -2.12. The number of benzene rings is 1. The van der Waals surface area contributed by atoms with Gasteiger partial charge in [0.2, 0.25) is 0 Å². The van der Waals surface area contributed by atoms with Crippen LogP contribution >= 0.6 is 11.3 Å². The Kier molecular flexibility index (Phi) is 5.00. The van der Waals surface area contributed by atoms with Crippen LogP contribution in [-0.2, 0) is 16.4 Å². The first-order chi connectivity index (χ1) is 12.0. The van der Waals surface area contributed by atoms with Crippen LogP contribution in [0.15, 0.2) is 53.0 Å². The van der Waals surface area contributed by atoms with Gasteiger partial charge in [0.25, 0.3) is 10.0 Å². The van der Waals surface area contributed by atoms with Crippen molar-refractivity contribution in [1.29, 1.82) is 0 Å². The number of thiophene rings is 1. The van der Waals surface area contributed by atoms with Crippen molar-refractivity contribution in [2.24, 2.45) is 0 Å². The number of sulfonamides is 1. The molecular weight excluding hydrogens is 358 g/mol. The second-order valence-corrected chi connectivity index (χ2v) is 8.37. The van der Waals surface area contributed by atoms with Crippen LogP contribution < -0.4 is 9.46 Å². The number of nitrogens with zero attached hydrogens (tertiary/aromatic N) is 2. The van der Waals surface area contributed by atoms with Crippen molar-refractivity contribution >= 4 is 27.0 Å². The second-order valence-electron chi connectivity index (χ2n) is 5.29. The highest BCUT2D eigenvalue weighted by atomic mass is 32.2. The molecule has 3 rings (SSSR count). The molecule has 0 spiro atoms. The Balaban J connectivity index is 1.79. The van der Waals surface area contributed by atoms with E-state index in [1.54, 1.807) is 42.7 Å². The predicted molar refractivity (Wildman–Crippen MR) is 97.8 cm³/mol. The third-order valence-corrected chi connectivity index (χ3v) is 6.53. The SMILES string of the molecule is CCc1ccc(S(=O)(=O)Nc2ccc(Oc3ncccn3)cc2C)s1. The van der Waals surface area contributed by atoms with Crippen molar-refractivity contribution in [2.45, 2.75) is 24.5 Å². The number of ether oxygens (including phenoxy) is 1. The average molecular weight is 375 g/mol. The number of aromatic nitrogens is 2. The fourth-order valence-electron chi connectivity index (χ4n) is 2.15. The van der Waals surface area contributed by atoms with Gasteiger partial charge in [-0.1, -0.05) is 6.92 Å². The normalized spacial score (nSPS) is 11.3. The van der Waals surface area contributed by atoms with E-state index < -0.39 is 10.0 Å². The molecule has 0 aliphatic rings. The smallest absolute Gasteiger partial charge is 0.321 e. The summed E-state index contributed by atoms with van der Waals surface area (Å²) in [5.41, 5.74) is 1.25. The minimum absolute atomic E-state index is 0.237. The van der Waals surface area contributed by atoms with Crippen LogP contribution in [0.2, 0.25) is 0 Å². The summed E-state index contributed by atoms with van der Waals surface area (Å²) in [6.45, 7) is 3.80. The van der Waals surface area contributed by atoms with Crippen LogP contribution in [0.4, 0.5) is 5.69 Å². The standard InChI is InChI=1S/C17H17N3O3S2/c1-3-14-6-8-16(24-14)25(21,22)20-15-7-5-13(11-12(15)2)23-17-18-9-4-10-19-17/h4-11,20H,3H2,1-2H3. The molecule has 130 valence electrons. The second kappa shape index (κ2) is 7.20. The van der Waals surface area contributed by atoms with E-state index in [9.17, 15) is 8.42 Å². The zero-order chi connectivity index (χ0) is 17.9. The van der Waals surface area contributed by atoms with Crippen LogP contribution in [-0.4, -0.2) is 18.4 Å². The first-order valence-corrected chi connectivity index (χ1v) is 9.95. The van der Waals surface area contributed by atoms with E-state index in [2.05, 4.69) is 14.7 Å². The van der Waals surface area contributed by atoms with Gasteiger partial charge < -0.3 is 4.74 Å². The quantitative estimate of drug-likeness (QED) is 0.704. The largest absolute Gasteiger partial charge is 0.424 e. The first-order valence-electron chi connectivity index (χ1n) is 7.65. The van der Waals surface area contributed by atoms with Crippen molar-refractivity contribution < 1.29 is 13.2 Å². The Bertz CT molecular complexity index is 970. The van der Waals surface area contributed by atoms with Crippen molar-refractivity contribution in [2.75, 3.05) is 4.72 Å². The molecular formula is C17H17N3O3S2. The summed E-state index contributed by atoms with van der Waals surface area (Å²) < 4.78 is 33.5. The minimum atomic E-state index is -3.59.